The van der Waals surface area contributed by atoms with Gasteiger partial charge in [0.2, 0.25) is 11.4 Å². The molecule has 0 spiro atoms. The van der Waals surface area contributed by atoms with Gasteiger partial charge in [0.15, 0.2) is 0 Å². The second-order valence-corrected chi connectivity index (χ2v) is 5.47. The molecular formula is C8H11F7NP. The van der Waals surface area contributed by atoms with Crippen LogP contribution in [0.2, 0.25) is 0 Å². The van der Waals surface area contributed by atoms with Crippen molar-refractivity contribution in [3.63, 3.8) is 0 Å². The predicted octanol–water partition coefficient (Wildman–Crippen LogP) is 5.01. The van der Waals surface area contributed by atoms with Gasteiger partial charge in [-0.1, -0.05) is 0 Å². The van der Waals surface area contributed by atoms with Crippen LogP contribution in [-0.2, 0) is 0 Å². The van der Waals surface area contributed by atoms with Crippen LogP contribution in [0.4, 0.5) is 29.7 Å². The van der Waals surface area contributed by atoms with Gasteiger partial charge in [0.1, 0.15) is 0 Å². The Labute approximate surface area is 93.0 Å². The van der Waals surface area contributed by atoms with Crippen LogP contribution in [0.1, 0.15) is 17.0 Å². The van der Waals surface area contributed by atoms with Gasteiger partial charge in [0, 0.05) is 30.8 Å². The summed E-state index contributed by atoms with van der Waals surface area (Å²) in [5.41, 5.74) is 2.40. The quantitative estimate of drug-likeness (QED) is 0.466. The van der Waals surface area contributed by atoms with E-state index in [0.29, 0.717) is 16.2 Å². The van der Waals surface area contributed by atoms with Crippen molar-refractivity contribution in [3.8, 4) is 0 Å². The molecule has 0 saturated carbocycles. The van der Waals surface area contributed by atoms with E-state index < -0.39 is 7.81 Å². The number of hydrogen-bond acceptors (Lipinski definition) is 0. The Hall–Kier alpha value is -0.910. The van der Waals surface area contributed by atoms with Gasteiger partial charge in [-0.15, -0.1) is 0 Å². The van der Waals surface area contributed by atoms with E-state index in [2.05, 4.69) is 0 Å². The molecule has 1 nitrogen and oxygen atoms in total. The summed E-state index contributed by atoms with van der Waals surface area (Å²) in [5, 5.41) is 0. The zero-order chi connectivity index (χ0) is 14.1. The van der Waals surface area contributed by atoms with E-state index in [1.165, 1.54) is 0 Å². The van der Waals surface area contributed by atoms with Crippen molar-refractivity contribution in [1.82, 2.24) is 0 Å². The Balaban J connectivity index is 0.000000325. The van der Waals surface area contributed by atoms with Crippen LogP contribution in [0, 0.1) is 20.8 Å². The van der Waals surface area contributed by atoms with Crippen LogP contribution in [0.15, 0.2) is 12.1 Å². The SMILES string of the molecule is Cc1cc(C)[n+](F)c(C)c1.F[P-](F)(F)(F)(F)F. The number of hydrogen-bond donors (Lipinski definition) is 0. The molecule has 0 unspecified atom stereocenters. The maximum atomic E-state index is 12.8. The molecule has 0 aromatic carbocycles. The molecule has 0 radical (unpaired) electrons. The summed E-state index contributed by atoms with van der Waals surface area (Å²) in [4.78, 5) is 0.688. The van der Waals surface area contributed by atoms with E-state index in [1.54, 1.807) is 13.8 Å². The van der Waals surface area contributed by atoms with E-state index in [-0.39, 0.29) is 0 Å². The molecule has 0 amide bonds. The van der Waals surface area contributed by atoms with Gasteiger partial charge in [-0.05, 0) is 12.5 Å². The van der Waals surface area contributed by atoms with Crippen molar-refractivity contribution < 1.29 is 34.5 Å². The van der Waals surface area contributed by atoms with Gasteiger partial charge in [0.25, 0.3) is 0 Å². The van der Waals surface area contributed by atoms with Gasteiger partial charge in [0.05, 0.1) is 4.48 Å². The number of aromatic nitrogens is 1. The molecule has 0 bridgehead atoms. The zero-order valence-corrected chi connectivity index (χ0v) is 10.1. The van der Waals surface area contributed by atoms with Gasteiger partial charge in [-0.3, -0.25) is 0 Å². The average Bonchev–Trinajstić information content (AvgIpc) is 1.93. The third-order valence-corrected chi connectivity index (χ3v) is 1.49. The summed E-state index contributed by atoms with van der Waals surface area (Å²) in [6.45, 7) is 5.46. The molecular weight excluding hydrogens is 274 g/mol. The Bertz CT molecular complexity index is 388. The van der Waals surface area contributed by atoms with Gasteiger partial charge in [-0.2, -0.15) is 0 Å². The standard InChI is InChI=1S/C8H11FN.F6P/c1-6-4-7(2)10(9)8(3)5-6;1-7(2,3,4,5)6/h4-5H,1-3H3;/q+1;-1. The molecule has 0 saturated heterocycles. The minimum atomic E-state index is -10.7. The van der Waals surface area contributed by atoms with Gasteiger partial charge in [-0.25, -0.2) is 0 Å². The minimum absolute atomic E-state index is 0.650. The van der Waals surface area contributed by atoms with Crippen LogP contribution in [0.3, 0.4) is 0 Å². The first-order chi connectivity index (χ1) is 7.06. The van der Waals surface area contributed by atoms with E-state index in [1.807, 2.05) is 19.1 Å². The van der Waals surface area contributed by atoms with Crippen LogP contribution < -0.4 is 4.79 Å². The molecule has 17 heavy (non-hydrogen) atoms. The number of pyridine rings is 1. The van der Waals surface area contributed by atoms with Crippen LogP contribution >= 0.6 is 7.81 Å². The summed E-state index contributed by atoms with van der Waals surface area (Å²) in [6.07, 6.45) is 0. The van der Waals surface area contributed by atoms with E-state index >= 15 is 0 Å². The van der Waals surface area contributed by atoms with Crippen molar-refractivity contribution in [3.05, 3.63) is 29.1 Å². The van der Waals surface area contributed by atoms with Crippen LogP contribution in [-0.4, -0.2) is 0 Å². The third-order valence-electron chi connectivity index (χ3n) is 1.49. The summed E-state index contributed by atoms with van der Waals surface area (Å²) in [6, 6.07) is 3.62. The molecule has 0 aliphatic heterocycles. The second kappa shape index (κ2) is 3.80. The fourth-order valence-electron chi connectivity index (χ4n) is 1.09. The van der Waals surface area contributed by atoms with Gasteiger partial charge >= 0.3 is 33.0 Å². The molecule has 9 heteroatoms. The maximum absolute atomic E-state index is 12.8. The molecule has 0 fully saturated rings. The summed E-state index contributed by atoms with van der Waals surface area (Å²) in [5.74, 6) is 0. The molecule has 1 aromatic heterocycles. The number of rotatable bonds is 0. The Morgan fingerprint density at radius 1 is 0.824 bits per heavy atom. The first-order valence-electron chi connectivity index (χ1n) is 4.29. The molecule has 0 N–H and O–H groups in total. The van der Waals surface area contributed by atoms with E-state index in [9.17, 15) is 29.7 Å². The number of nitrogens with zero attached hydrogens (tertiary/aromatic N) is 1. The van der Waals surface area contributed by atoms with Crippen molar-refractivity contribution >= 4 is 7.81 Å². The Morgan fingerprint density at radius 2 is 1.06 bits per heavy atom. The molecule has 1 aromatic rings. The van der Waals surface area contributed by atoms with Crippen molar-refractivity contribution in [1.29, 1.82) is 0 Å². The second-order valence-electron chi connectivity index (χ2n) is 3.55. The molecule has 1 rings (SSSR count). The normalized spacial score (nSPS) is 15.4. The molecule has 0 aliphatic carbocycles. The van der Waals surface area contributed by atoms with Gasteiger partial charge < -0.3 is 0 Å². The molecule has 1 heterocycles. The fourth-order valence-corrected chi connectivity index (χ4v) is 1.09. The third kappa shape index (κ3) is 11.4. The van der Waals surface area contributed by atoms with Crippen molar-refractivity contribution in [2.45, 2.75) is 20.8 Å². The predicted molar refractivity (Wildman–Crippen MR) is 50.9 cm³/mol. The first kappa shape index (κ1) is 16.1. The van der Waals surface area contributed by atoms with E-state index in [0.717, 1.165) is 5.56 Å². The molecule has 102 valence electrons. The fraction of sp³-hybridized carbons (Fsp3) is 0.375. The van der Waals surface area contributed by atoms with Crippen molar-refractivity contribution in [2.24, 2.45) is 0 Å². The summed E-state index contributed by atoms with van der Waals surface area (Å²) >= 11 is 0. The summed E-state index contributed by atoms with van der Waals surface area (Å²) < 4.78 is 72.0. The Morgan fingerprint density at radius 3 is 1.29 bits per heavy atom. The van der Waals surface area contributed by atoms with Crippen LogP contribution in [0.5, 0.6) is 0 Å². The Kier molecular flexibility index (Phi) is 3.59. The first-order valence-corrected chi connectivity index (χ1v) is 6.31. The monoisotopic (exact) mass is 285 g/mol. The number of aryl methyl sites for hydroxylation is 3. The zero-order valence-electron chi connectivity index (χ0n) is 9.19. The average molecular weight is 285 g/mol. The summed E-state index contributed by atoms with van der Waals surface area (Å²) in [7, 11) is -10.7. The molecule has 0 aliphatic rings. The molecule has 0 atom stereocenters. The van der Waals surface area contributed by atoms with Crippen molar-refractivity contribution in [2.75, 3.05) is 0 Å². The number of halogens is 7. The topological polar surface area (TPSA) is 3.88 Å². The van der Waals surface area contributed by atoms with E-state index in [4.69, 9.17) is 0 Å². The van der Waals surface area contributed by atoms with Crippen LogP contribution in [0.25, 0.3) is 0 Å².